The van der Waals surface area contributed by atoms with Crippen molar-refractivity contribution < 1.29 is 19.5 Å². The number of imidazole rings is 1. The zero-order valence-electron chi connectivity index (χ0n) is 11.2. The van der Waals surface area contributed by atoms with Gasteiger partial charge in [-0.3, -0.25) is 14.0 Å². The van der Waals surface area contributed by atoms with Gasteiger partial charge in [0.15, 0.2) is 4.96 Å². The summed E-state index contributed by atoms with van der Waals surface area (Å²) in [6.07, 6.45) is 1.37. The molecular weight excluding hydrogens is 296 g/mol. The van der Waals surface area contributed by atoms with Gasteiger partial charge >= 0.3 is 5.97 Å². The summed E-state index contributed by atoms with van der Waals surface area (Å²) in [5.41, 5.74) is 6.05. The first kappa shape index (κ1) is 15.0. The van der Waals surface area contributed by atoms with Crippen LogP contribution in [-0.2, 0) is 9.59 Å². The highest BCUT2D eigenvalue weighted by atomic mass is 32.1. The Bertz CT molecular complexity index is 705. The van der Waals surface area contributed by atoms with Crippen molar-refractivity contribution in [2.75, 3.05) is 0 Å². The molecule has 2 rings (SSSR count). The number of carbonyl (C=O) groups is 3. The Balaban J connectivity index is 2.10. The number of hydrogen-bond donors (Lipinski definition) is 3. The van der Waals surface area contributed by atoms with Crippen LogP contribution in [0.1, 0.15) is 29.0 Å². The van der Waals surface area contributed by atoms with Crippen LogP contribution in [-0.4, -0.2) is 38.3 Å². The molecule has 8 nitrogen and oxygen atoms in total. The maximum atomic E-state index is 12.0. The monoisotopic (exact) mass is 310 g/mol. The zero-order valence-corrected chi connectivity index (χ0v) is 12.0. The second kappa shape index (κ2) is 5.92. The molecule has 2 aromatic heterocycles. The maximum Gasteiger partial charge on any atom is 0.326 e. The lowest BCUT2D eigenvalue weighted by atomic mass is 10.1. The molecule has 112 valence electrons. The number of primary amides is 1. The second-order valence-corrected chi connectivity index (χ2v) is 5.36. The van der Waals surface area contributed by atoms with E-state index in [1.54, 1.807) is 10.6 Å². The molecule has 0 spiro atoms. The number of nitrogens with one attached hydrogen (secondary N) is 1. The predicted octanol–water partition coefficient (Wildman–Crippen LogP) is 0.153. The summed E-state index contributed by atoms with van der Waals surface area (Å²) >= 11 is 1.39. The number of aryl methyl sites for hydroxylation is 1. The average molecular weight is 310 g/mol. The lowest BCUT2D eigenvalue weighted by Gasteiger charge is -2.12. The number of nitrogens with zero attached hydrogens (tertiary/aromatic N) is 2. The number of aromatic nitrogens is 2. The maximum absolute atomic E-state index is 12.0. The van der Waals surface area contributed by atoms with Crippen molar-refractivity contribution in [2.45, 2.75) is 25.8 Å². The van der Waals surface area contributed by atoms with Crippen LogP contribution < -0.4 is 11.1 Å². The Hall–Kier alpha value is -2.42. The third kappa shape index (κ3) is 3.37. The van der Waals surface area contributed by atoms with Gasteiger partial charge in [0.25, 0.3) is 5.91 Å². The average Bonchev–Trinajstić information content (AvgIpc) is 2.96. The largest absolute Gasteiger partial charge is 0.480 e. The number of hydrogen-bond acceptors (Lipinski definition) is 5. The van der Waals surface area contributed by atoms with E-state index in [4.69, 9.17) is 10.8 Å². The predicted molar refractivity (Wildman–Crippen MR) is 75.1 cm³/mol. The van der Waals surface area contributed by atoms with Crippen molar-refractivity contribution in [1.29, 1.82) is 0 Å². The zero-order chi connectivity index (χ0) is 15.6. The first-order valence-electron chi connectivity index (χ1n) is 6.13. The molecule has 0 saturated heterocycles. The molecule has 4 N–H and O–H groups in total. The van der Waals surface area contributed by atoms with Crippen molar-refractivity contribution in [3.63, 3.8) is 0 Å². The first-order valence-corrected chi connectivity index (χ1v) is 7.01. The lowest BCUT2D eigenvalue weighted by Crippen LogP contribution is -2.41. The van der Waals surface area contributed by atoms with E-state index in [2.05, 4.69) is 10.3 Å². The molecule has 0 aromatic carbocycles. The fourth-order valence-corrected chi connectivity index (χ4v) is 2.63. The highest BCUT2D eigenvalue weighted by Crippen LogP contribution is 2.15. The van der Waals surface area contributed by atoms with Crippen molar-refractivity contribution in [1.82, 2.24) is 14.7 Å². The number of carboxylic acid groups (broad SMARTS) is 1. The van der Waals surface area contributed by atoms with E-state index in [0.717, 1.165) is 5.69 Å². The molecule has 0 fully saturated rings. The Morgan fingerprint density at radius 3 is 2.81 bits per heavy atom. The van der Waals surface area contributed by atoms with Gasteiger partial charge in [0.1, 0.15) is 11.7 Å². The van der Waals surface area contributed by atoms with E-state index in [0.29, 0.717) is 4.96 Å². The second-order valence-electron chi connectivity index (χ2n) is 4.53. The fourth-order valence-electron chi connectivity index (χ4n) is 1.78. The van der Waals surface area contributed by atoms with Crippen LogP contribution in [0, 0.1) is 6.92 Å². The van der Waals surface area contributed by atoms with E-state index in [1.165, 1.54) is 11.3 Å². The molecule has 1 unspecified atom stereocenters. The van der Waals surface area contributed by atoms with Crippen molar-refractivity contribution >= 4 is 34.1 Å². The Morgan fingerprint density at radius 1 is 1.52 bits per heavy atom. The number of nitrogens with two attached hydrogens (primary N) is 1. The summed E-state index contributed by atoms with van der Waals surface area (Å²) in [6.45, 7) is 1.87. The van der Waals surface area contributed by atoms with Crippen LogP contribution in [0.3, 0.4) is 0 Å². The van der Waals surface area contributed by atoms with Gasteiger partial charge in [0.2, 0.25) is 5.91 Å². The molecule has 0 aliphatic rings. The van der Waals surface area contributed by atoms with Gasteiger partial charge < -0.3 is 16.2 Å². The van der Waals surface area contributed by atoms with Gasteiger partial charge in [-0.1, -0.05) is 0 Å². The number of thiazole rings is 1. The van der Waals surface area contributed by atoms with Crippen molar-refractivity contribution in [3.8, 4) is 0 Å². The molecule has 0 aliphatic heterocycles. The van der Waals surface area contributed by atoms with E-state index in [1.807, 2.05) is 12.3 Å². The van der Waals surface area contributed by atoms with E-state index in [9.17, 15) is 14.4 Å². The van der Waals surface area contributed by atoms with E-state index < -0.39 is 23.8 Å². The summed E-state index contributed by atoms with van der Waals surface area (Å²) in [4.78, 5) is 38.6. The molecular formula is C12H14N4O4S. The normalized spacial score (nSPS) is 12.2. The van der Waals surface area contributed by atoms with Crippen LogP contribution in [0.4, 0.5) is 0 Å². The summed E-state index contributed by atoms with van der Waals surface area (Å²) in [7, 11) is 0. The number of rotatable bonds is 6. The standard InChI is InChI=1S/C12H14N4O4S/c1-6-5-21-12-15-8(4-16(6)12)10(18)14-7(11(19)20)2-3-9(13)17/h4-5,7H,2-3H2,1H3,(H2,13,17)(H,14,18)(H,19,20). The fraction of sp³-hybridized carbons (Fsp3) is 0.333. The smallest absolute Gasteiger partial charge is 0.326 e. The summed E-state index contributed by atoms with van der Waals surface area (Å²) in [5.74, 6) is -2.43. The SMILES string of the molecule is Cc1csc2nc(C(=O)NC(CCC(N)=O)C(=O)O)cn12. The summed E-state index contributed by atoms with van der Waals surface area (Å²) in [6, 6.07) is -1.18. The van der Waals surface area contributed by atoms with Gasteiger partial charge in [0.05, 0.1) is 0 Å². The number of aliphatic carboxylic acids is 1. The highest BCUT2D eigenvalue weighted by Gasteiger charge is 2.22. The molecule has 0 aliphatic carbocycles. The van der Waals surface area contributed by atoms with Crippen molar-refractivity contribution in [3.05, 3.63) is 23.0 Å². The third-order valence-electron chi connectivity index (χ3n) is 2.90. The Morgan fingerprint density at radius 2 is 2.24 bits per heavy atom. The molecule has 0 bridgehead atoms. The lowest BCUT2D eigenvalue weighted by molar-refractivity contribution is -0.139. The van der Waals surface area contributed by atoms with Gasteiger partial charge in [-0.25, -0.2) is 9.78 Å². The Labute approximate surface area is 123 Å². The molecule has 0 radical (unpaired) electrons. The van der Waals surface area contributed by atoms with Gasteiger partial charge in [-0.05, 0) is 13.3 Å². The molecule has 9 heteroatoms. The number of fused-ring (bicyclic) bond motifs is 1. The molecule has 1 atom stereocenters. The minimum Gasteiger partial charge on any atom is -0.480 e. The molecule has 2 amide bonds. The van der Waals surface area contributed by atoms with E-state index in [-0.39, 0.29) is 18.5 Å². The third-order valence-corrected chi connectivity index (χ3v) is 3.86. The molecule has 0 saturated carbocycles. The van der Waals surface area contributed by atoms with Crippen LogP contribution in [0.15, 0.2) is 11.6 Å². The van der Waals surface area contributed by atoms with Crippen LogP contribution in [0.25, 0.3) is 4.96 Å². The van der Waals surface area contributed by atoms with Gasteiger partial charge in [0, 0.05) is 23.7 Å². The highest BCUT2D eigenvalue weighted by molar-refractivity contribution is 7.15. The van der Waals surface area contributed by atoms with Crippen LogP contribution in [0.2, 0.25) is 0 Å². The van der Waals surface area contributed by atoms with E-state index >= 15 is 0 Å². The Kier molecular flexibility index (Phi) is 4.22. The van der Waals surface area contributed by atoms with Crippen LogP contribution >= 0.6 is 11.3 Å². The summed E-state index contributed by atoms with van der Waals surface area (Å²) in [5, 5.41) is 13.3. The number of carboxylic acids is 1. The quantitative estimate of drug-likeness (QED) is 0.700. The van der Waals surface area contributed by atoms with Crippen LogP contribution in [0.5, 0.6) is 0 Å². The number of carbonyl (C=O) groups excluding carboxylic acids is 2. The summed E-state index contributed by atoms with van der Waals surface area (Å²) < 4.78 is 1.75. The number of amides is 2. The topological polar surface area (TPSA) is 127 Å². The molecule has 21 heavy (non-hydrogen) atoms. The molecule has 2 aromatic rings. The van der Waals surface area contributed by atoms with Gasteiger partial charge in [-0.2, -0.15) is 0 Å². The minimum atomic E-state index is -1.22. The van der Waals surface area contributed by atoms with Gasteiger partial charge in [-0.15, -0.1) is 11.3 Å². The van der Waals surface area contributed by atoms with Crippen molar-refractivity contribution in [2.24, 2.45) is 5.73 Å². The molecule has 2 heterocycles. The minimum absolute atomic E-state index is 0.0579. The first-order chi connectivity index (χ1) is 9.88.